The number of thiazole rings is 1. The third kappa shape index (κ3) is 3.61. The zero-order chi connectivity index (χ0) is 17.2. The molecule has 0 amide bonds. The average Bonchev–Trinajstić information content (AvgIpc) is 3.07. The molecule has 2 heterocycles. The van der Waals surface area contributed by atoms with E-state index < -0.39 is 11.9 Å². The maximum Gasteiger partial charge on any atom is 0.312 e. The lowest BCUT2D eigenvalue weighted by atomic mass is 9.91. The van der Waals surface area contributed by atoms with E-state index in [1.54, 1.807) is 11.3 Å². The minimum Gasteiger partial charge on any atom is -0.481 e. The lowest BCUT2D eigenvalue weighted by molar-refractivity contribution is -0.139. The Labute approximate surface area is 151 Å². The predicted molar refractivity (Wildman–Crippen MR) is 97.0 cm³/mol. The van der Waals surface area contributed by atoms with Gasteiger partial charge in [0, 0.05) is 30.1 Å². The number of aliphatic carboxylic acids is 1. The van der Waals surface area contributed by atoms with Crippen LogP contribution in [0.25, 0.3) is 10.6 Å². The van der Waals surface area contributed by atoms with Gasteiger partial charge >= 0.3 is 5.97 Å². The Hall–Kier alpha value is -1.76. The third-order valence-electron chi connectivity index (χ3n) is 4.94. The molecule has 0 saturated carbocycles. The van der Waals surface area contributed by atoms with Crippen LogP contribution in [0, 0.1) is 0 Å². The van der Waals surface area contributed by atoms with Crippen LogP contribution < -0.4 is 0 Å². The Morgan fingerprint density at radius 2 is 2.20 bits per heavy atom. The molecule has 1 fully saturated rings. The summed E-state index contributed by atoms with van der Waals surface area (Å²) in [6.45, 7) is 4.46. The molecule has 0 spiro atoms. The number of carboxylic acid groups (broad SMARTS) is 1. The number of fused-ring (bicyclic) bond motifs is 1. The first-order chi connectivity index (χ1) is 12.2. The van der Waals surface area contributed by atoms with Crippen LogP contribution >= 0.6 is 11.3 Å². The highest BCUT2D eigenvalue weighted by Crippen LogP contribution is 2.38. The van der Waals surface area contributed by atoms with Crippen molar-refractivity contribution in [1.29, 1.82) is 0 Å². The van der Waals surface area contributed by atoms with Crippen molar-refractivity contribution < 1.29 is 14.6 Å². The number of aryl methyl sites for hydroxylation is 1. The number of hydrogen-bond donors (Lipinski definition) is 1. The van der Waals surface area contributed by atoms with Crippen LogP contribution in [0.1, 0.15) is 34.9 Å². The van der Waals surface area contributed by atoms with E-state index in [0.29, 0.717) is 6.42 Å². The molecule has 6 heteroatoms. The third-order valence-corrected chi connectivity index (χ3v) is 6.12. The molecule has 5 nitrogen and oxygen atoms in total. The minimum absolute atomic E-state index is 0.440. The van der Waals surface area contributed by atoms with Crippen molar-refractivity contribution >= 4 is 17.3 Å². The number of carboxylic acids is 1. The number of ether oxygens (including phenoxy) is 1. The molecule has 1 aromatic carbocycles. The normalized spacial score (nSPS) is 21.0. The molecule has 1 unspecified atom stereocenters. The maximum absolute atomic E-state index is 11.5. The molecular weight excluding hydrogens is 336 g/mol. The van der Waals surface area contributed by atoms with Crippen molar-refractivity contribution in [3.8, 4) is 10.6 Å². The standard InChI is InChI=1S/C19H22N2O3S/c22-19(23)15-5-2-6-16-17(15)20-18(25-16)14-4-1-3-13(11-14)12-21-7-9-24-10-8-21/h1,3-4,11,15H,2,5-10,12H2,(H,22,23). The second kappa shape index (κ2) is 7.23. The molecule has 1 aromatic heterocycles. The van der Waals surface area contributed by atoms with Gasteiger partial charge in [-0.05, 0) is 30.9 Å². The smallest absolute Gasteiger partial charge is 0.312 e. The topological polar surface area (TPSA) is 62.7 Å². The van der Waals surface area contributed by atoms with Gasteiger partial charge in [-0.15, -0.1) is 11.3 Å². The zero-order valence-electron chi connectivity index (χ0n) is 14.1. The second-order valence-electron chi connectivity index (χ2n) is 6.70. The van der Waals surface area contributed by atoms with Gasteiger partial charge in [-0.2, -0.15) is 0 Å². The largest absolute Gasteiger partial charge is 0.481 e. The highest BCUT2D eigenvalue weighted by molar-refractivity contribution is 7.15. The Morgan fingerprint density at radius 3 is 3.00 bits per heavy atom. The van der Waals surface area contributed by atoms with Crippen molar-refractivity contribution in [2.45, 2.75) is 31.7 Å². The molecule has 1 atom stereocenters. The molecule has 25 heavy (non-hydrogen) atoms. The number of hydrogen-bond acceptors (Lipinski definition) is 5. The molecule has 1 N–H and O–H groups in total. The first-order valence-electron chi connectivity index (χ1n) is 8.82. The van der Waals surface area contributed by atoms with Crippen molar-refractivity contribution in [1.82, 2.24) is 9.88 Å². The first kappa shape index (κ1) is 16.7. The van der Waals surface area contributed by atoms with E-state index >= 15 is 0 Å². The summed E-state index contributed by atoms with van der Waals surface area (Å²) in [5, 5.41) is 10.4. The Kier molecular flexibility index (Phi) is 4.83. The van der Waals surface area contributed by atoms with E-state index in [0.717, 1.165) is 66.8 Å². The van der Waals surface area contributed by atoms with E-state index in [4.69, 9.17) is 9.72 Å². The van der Waals surface area contributed by atoms with Gasteiger partial charge in [0.2, 0.25) is 0 Å². The second-order valence-corrected chi connectivity index (χ2v) is 7.78. The number of benzene rings is 1. The van der Waals surface area contributed by atoms with Gasteiger partial charge in [0.1, 0.15) is 5.01 Å². The maximum atomic E-state index is 11.5. The summed E-state index contributed by atoms with van der Waals surface area (Å²) < 4.78 is 5.41. The molecule has 0 radical (unpaired) electrons. The molecule has 132 valence electrons. The Bertz CT molecular complexity index is 768. The molecule has 2 aromatic rings. The van der Waals surface area contributed by atoms with Crippen LogP contribution in [0.3, 0.4) is 0 Å². The van der Waals surface area contributed by atoms with E-state index in [-0.39, 0.29) is 0 Å². The average molecular weight is 358 g/mol. The van der Waals surface area contributed by atoms with E-state index in [1.807, 2.05) is 0 Å². The lowest BCUT2D eigenvalue weighted by Crippen LogP contribution is -2.35. The number of nitrogens with zero attached hydrogens (tertiary/aromatic N) is 2. The number of carbonyl (C=O) groups is 1. The van der Waals surface area contributed by atoms with E-state index in [2.05, 4.69) is 29.2 Å². The summed E-state index contributed by atoms with van der Waals surface area (Å²) >= 11 is 1.66. The van der Waals surface area contributed by atoms with Crippen LogP contribution in [-0.2, 0) is 22.5 Å². The van der Waals surface area contributed by atoms with Gasteiger partial charge in [-0.3, -0.25) is 9.69 Å². The predicted octanol–water partition coefficient (Wildman–Crippen LogP) is 3.15. The van der Waals surface area contributed by atoms with Gasteiger partial charge in [0.05, 0.1) is 24.8 Å². The highest BCUT2D eigenvalue weighted by atomic mass is 32.1. The fourth-order valence-corrected chi connectivity index (χ4v) is 4.76. The van der Waals surface area contributed by atoms with Gasteiger partial charge in [0.15, 0.2) is 0 Å². The number of aromatic nitrogens is 1. The number of morpholine rings is 1. The Morgan fingerprint density at radius 1 is 1.36 bits per heavy atom. The van der Waals surface area contributed by atoms with Crippen molar-refractivity contribution in [2.24, 2.45) is 0 Å². The van der Waals surface area contributed by atoms with Crippen LogP contribution in [0.15, 0.2) is 24.3 Å². The zero-order valence-corrected chi connectivity index (χ0v) is 14.9. The summed E-state index contributed by atoms with van der Waals surface area (Å²) in [5.41, 5.74) is 3.15. The monoisotopic (exact) mass is 358 g/mol. The summed E-state index contributed by atoms with van der Waals surface area (Å²) in [5.74, 6) is -1.19. The SMILES string of the molecule is O=C(O)C1CCCc2sc(-c3cccc(CN4CCOCC4)c3)nc21. The van der Waals surface area contributed by atoms with Crippen LogP contribution in [0.5, 0.6) is 0 Å². The molecular formula is C19H22N2O3S. The van der Waals surface area contributed by atoms with Gasteiger partial charge in [-0.1, -0.05) is 18.2 Å². The van der Waals surface area contributed by atoms with Gasteiger partial charge in [0.25, 0.3) is 0 Å². The molecule has 4 rings (SSSR count). The molecule has 1 aliphatic carbocycles. The quantitative estimate of drug-likeness (QED) is 0.910. The summed E-state index contributed by atoms with van der Waals surface area (Å²) in [4.78, 5) is 19.7. The number of rotatable bonds is 4. The van der Waals surface area contributed by atoms with Gasteiger partial charge < -0.3 is 9.84 Å². The molecule has 0 bridgehead atoms. The fraction of sp³-hybridized carbons (Fsp3) is 0.474. The van der Waals surface area contributed by atoms with Crippen molar-refractivity contribution in [3.05, 3.63) is 40.4 Å². The van der Waals surface area contributed by atoms with Gasteiger partial charge in [-0.25, -0.2) is 4.98 Å². The fourth-order valence-electron chi connectivity index (χ4n) is 3.60. The van der Waals surface area contributed by atoms with Crippen molar-refractivity contribution in [3.63, 3.8) is 0 Å². The van der Waals surface area contributed by atoms with E-state index in [9.17, 15) is 9.90 Å². The van der Waals surface area contributed by atoms with Crippen LogP contribution in [-0.4, -0.2) is 47.3 Å². The van der Waals surface area contributed by atoms with E-state index in [1.165, 1.54) is 5.56 Å². The van der Waals surface area contributed by atoms with Crippen LogP contribution in [0.2, 0.25) is 0 Å². The van der Waals surface area contributed by atoms with Crippen LogP contribution in [0.4, 0.5) is 0 Å². The highest BCUT2D eigenvalue weighted by Gasteiger charge is 2.30. The molecule has 1 saturated heterocycles. The summed E-state index contributed by atoms with van der Waals surface area (Å²) in [7, 11) is 0. The molecule has 1 aliphatic heterocycles. The summed E-state index contributed by atoms with van der Waals surface area (Å²) in [6, 6.07) is 8.48. The summed E-state index contributed by atoms with van der Waals surface area (Å²) in [6.07, 6.45) is 2.58. The Balaban J connectivity index is 1.58. The molecule has 2 aliphatic rings. The lowest BCUT2D eigenvalue weighted by Gasteiger charge is -2.26. The first-order valence-corrected chi connectivity index (χ1v) is 9.64. The minimum atomic E-state index is -0.751. The van der Waals surface area contributed by atoms with Crippen molar-refractivity contribution in [2.75, 3.05) is 26.3 Å².